The Balaban J connectivity index is 1.33. The number of hydrogen-bond acceptors (Lipinski definition) is 7. The fourth-order valence-corrected chi connectivity index (χ4v) is 10.0. The van der Waals surface area contributed by atoms with E-state index >= 15 is 0 Å². The standard InChI is InChI=1S/C45H43BN2O4S/c1-24-14-33-41-34(15-24)48(42-25(2)16-28(17-26(42)3)45(7,8)9)43-40(30-18-27(44(4,5)6)10-13-39(30)53-43)46(41)31-20-37-38(52-23-51-37)21-32(31)47(33)29-11-12-35-36(19-29)50-22-49-35/h10-21H,22-23H2,1-9H3. The van der Waals surface area contributed by atoms with Gasteiger partial charge in [-0.2, -0.15) is 0 Å². The first-order valence-corrected chi connectivity index (χ1v) is 19.3. The van der Waals surface area contributed by atoms with Crippen LogP contribution in [0.2, 0.25) is 0 Å². The van der Waals surface area contributed by atoms with E-state index < -0.39 is 0 Å². The molecule has 0 bridgehead atoms. The first-order valence-electron chi connectivity index (χ1n) is 18.5. The van der Waals surface area contributed by atoms with Gasteiger partial charge in [-0.05, 0) is 118 Å². The Morgan fingerprint density at radius 2 is 1.21 bits per heavy atom. The molecule has 8 heteroatoms. The van der Waals surface area contributed by atoms with Crippen LogP contribution in [0.5, 0.6) is 23.0 Å². The number of hydrogen-bond donors (Lipinski definition) is 0. The minimum atomic E-state index is -0.0416. The molecule has 0 unspecified atom stereocenters. The van der Waals surface area contributed by atoms with Crippen LogP contribution in [0.3, 0.4) is 0 Å². The average molecular weight is 719 g/mol. The van der Waals surface area contributed by atoms with Gasteiger partial charge in [0.1, 0.15) is 0 Å². The van der Waals surface area contributed by atoms with Gasteiger partial charge < -0.3 is 28.7 Å². The average Bonchev–Trinajstić information content (AvgIpc) is 3.85. The summed E-state index contributed by atoms with van der Waals surface area (Å²) in [5.74, 6) is 3.07. The van der Waals surface area contributed by atoms with Crippen LogP contribution in [0.15, 0.2) is 72.8 Å². The van der Waals surface area contributed by atoms with Crippen molar-refractivity contribution in [1.82, 2.24) is 0 Å². The Bertz CT molecular complexity index is 2540. The van der Waals surface area contributed by atoms with Crippen molar-refractivity contribution in [3.8, 4) is 23.0 Å². The molecule has 6 aromatic rings. The molecule has 0 N–H and O–H groups in total. The molecule has 0 aliphatic carbocycles. The smallest absolute Gasteiger partial charge is 0.254 e. The number of aryl methyl sites for hydroxylation is 3. The van der Waals surface area contributed by atoms with Crippen molar-refractivity contribution in [2.75, 3.05) is 23.4 Å². The van der Waals surface area contributed by atoms with Crippen LogP contribution in [0.1, 0.15) is 69.4 Å². The fourth-order valence-electron chi connectivity index (χ4n) is 8.77. The molecule has 1 aromatic heterocycles. The summed E-state index contributed by atoms with van der Waals surface area (Å²) in [5, 5.41) is 2.58. The number of nitrogens with zero attached hydrogens (tertiary/aromatic N) is 2. The van der Waals surface area contributed by atoms with Crippen molar-refractivity contribution < 1.29 is 18.9 Å². The summed E-state index contributed by atoms with van der Waals surface area (Å²) in [5.41, 5.74) is 16.0. The van der Waals surface area contributed by atoms with Gasteiger partial charge in [-0.25, -0.2) is 0 Å². The Morgan fingerprint density at radius 1 is 0.585 bits per heavy atom. The monoisotopic (exact) mass is 718 g/mol. The summed E-state index contributed by atoms with van der Waals surface area (Å²) in [6.07, 6.45) is 0. The second kappa shape index (κ2) is 11.0. The molecule has 6 nitrogen and oxygen atoms in total. The lowest BCUT2D eigenvalue weighted by molar-refractivity contribution is 0.173. The lowest BCUT2D eigenvalue weighted by atomic mass is 9.33. The molecule has 0 spiro atoms. The van der Waals surface area contributed by atoms with Gasteiger partial charge >= 0.3 is 0 Å². The van der Waals surface area contributed by atoms with Gasteiger partial charge in [0, 0.05) is 33.9 Å². The maximum absolute atomic E-state index is 6.11. The fraction of sp³-hybridized carbons (Fsp3) is 0.289. The summed E-state index contributed by atoms with van der Waals surface area (Å²) in [4.78, 5) is 4.98. The molecule has 4 aliphatic heterocycles. The maximum atomic E-state index is 6.11. The second-order valence-electron chi connectivity index (χ2n) is 17.1. The molecule has 0 amide bonds. The lowest BCUT2D eigenvalue weighted by Gasteiger charge is -2.44. The molecule has 0 saturated heterocycles. The van der Waals surface area contributed by atoms with E-state index in [1.165, 1.54) is 70.7 Å². The van der Waals surface area contributed by atoms with Crippen molar-refractivity contribution in [2.45, 2.75) is 73.1 Å². The van der Waals surface area contributed by atoms with E-state index in [1.54, 1.807) is 0 Å². The van der Waals surface area contributed by atoms with Gasteiger partial charge in [0.25, 0.3) is 6.71 Å². The van der Waals surface area contributed by atoms with Crippen molar-refractivity contribution in [3.63, 3.8) is 0 Å². The molecular weight excluding hydrogens is 675 g/mol. The zero-order valence-corrected chi connectivity index (χ0v) is 32.7. The Morgan fingerprint density at radius 3 is 1.89 bits per heavy atom. The quantitative estimate of drug-likeness (QED) is 0.166. The third-order valence-corrected chi connectivity index (χ3v) is 12.6. The minimum absolute atomic E-state index is 0.000132. The van der Waals surface area contributed by atoms with E-state index in [2.05, 4.69) is 139 Å². The third kappa shape index (κ3) is 4.77. The number of anilines is 6. The Kier molecular flexibility index (Phi) is 6.75. The highest BCUT2D eigenvalue weighted by atomic mass is 32.1. The highest BCUT2D eigenvalue weighted by molar-refractivity contribution is 7.26. The highest BCUT2D eigenvalue weighted by Crippen LogP contribution is 2.52. The molecular formula is C45H43BN2O4S. The van der Waals surface area contributed by atoms with Gasteiger partial charge in [-0.15, -0.1) is 11.3 Å². The third-order valence-electron chi connectivity index (χ3n) is 11.4. The molecule has 4 aliphatic rings. The van der Waals surface area contributed by atoms with E-state index in [9.17, 15) is 0 Å². The van der Waals surface area contributed by atoms with E-state index in [0.29, 0.717) is 0 Å². The van der Waals surface area contributed by atoms with Crippen molar-refractivity contribution in [3.05, 3.63) is 101 Å². The van der Waals surface area contributed by atoms with Gasteiger partial charge in [-0.3, -0.25) is 0 Å². The zero-order valence-electron chi connectivity index (χ0n) is 31.9. The molecule has 0 saturated carbocycles. The number of benzene rings is 5. The molecule has 53 heavy (non-hydrogen) atoms. The second-order valence-corrected chi connectivity index (χ2v) is 18.1. The lowest BCUT2D eigenvalue weighted by Crippen LogP contribution is -2.61. The normalized spacial score (nSPS) is 15.2. The van der Waals surface area contributed by atoms with Crippen LogP contribution in [-0.2, 0) is 10.8 Å². The molecule has 0 fully saturated rings. The van der Waals surface area contributed by atoms with E-state index in [0.717, 1.165) is 40.1 Å². The summed E-state index contributed by atoms with van der Waals surface area (Å²) in [7, 11) is 0. The molecule has 10 rings (SSSR count). The van der Waals surface area contributed by atoms with Crippen molar-refractivity contribution >= 4 is 78.0 Å². The SMILES string of the molecule is Cc1cc2c3c(c1)N(c1c(C)cc(C(C)(C)C)cc1C)c1sc4ccc(C(C)(C)C)cc4c1B3c1cc3c(cc1N2c1ccc2c(c1)OCO2)OCO3. The molecule has 5 aromatic carbocycles. The van der Waals surface area contributed by atoms with E-state index in [-0.39, 0.29) is 31.1 Å². The van der Waals surface area contributed by atoms with Gasteiger partial charge in [0.2, 0.25) is 13.6 Å². The predicted molar refractivity (Wildman–Crippen MR) is 220 cm³/mol. The number of rotatable bonds is 2. The predicted octanol–water partition coefficient (Wildman–Crippen LogP) is 9.96. The first-order chi connectivity index (χ1) is 25.3. The van der Waals surface area contributed by atoms with Crippen molar-refractivity contribution in [2.24, 2.45) is 0 Å². The van der Waals surface area contributed by atoms with Crippen LogP contribution in [0, 0.1) is 20.8 Å². The van der Waals surface area contributed by atoms with Crippen LogP contribution in [0.25, 0.3) is 10.1 Å². The molecule has 5 heterocycles. The van der Waals surface area contributed by atoms with E-state index in [1.807, 2.05) is 17.4 Å². The van der Waals surface area contributed by atoms with Crippen molar-refractivity contribution in [1.29, 1.82) is 0 Å². The van der Waals surface area contributed by atoms with Gasteiger partial charge in [0.05, 0.1) is 16.4 Å². The number of fused-ring (bicyclic) bond motifs is 8. The summed E-state index contributed by atoms with van der Waals surface area (Å²) in [6.45, 7) is 21.0. The Labute approximate surface area is 315 Å². The molecule has 266 valence electrons. The molecule has 0 atom stereocenters. The Hall–Kier alpha value is -5.08. The van der Waals surface area contributed by atoms with Crippen LogP contribution in [-0.4, -0.2) is 20.3 Å². The van der Waals surface area contributed by atoms with Gasteiger partial charge in [0.15, 0.2) is 23.0 Å². The summed E-state index contributed by atoms with van der Waals surface area (Å²) in [6, 6.07) is 27.3. The minimum Gasteiger partial charge on any atom is -0.454 e. The summed E-state index contributed by atoms with van der Waals surface area (Å²) >= 11 is 1.90. The van der Waals surface area contributed by atoms with Gasteiger partial charge in [-0.1, -0.05) is 65.8 Å². The highest BCUT2D eigenvalue weighted by Gasteiger charge is 2.47. The maximum Gasteiger partial charge on any atom is 0.254 e. The van der Waals surface area contributed by atoms with E-state index in [4.69, 9.17) is 18.9 Å². The van der Waals surface area contributed by atoms with Crippen LogP contribution < -0.4 is 45.1 Å². The topological polar surface area (TPSA) is 43.4 Å². The van der Waals surface area contributed by atoms with Crippen LogP contribution >= 0.6 is 11.3 Å². The van der Waals surface area contributed by atoms with Crippen LogP contribution in [0.4, 0.5) is 33.4 Å². The zero-order chi connectivity index (χ0) is 36.7. The largest absolute Gasteiger partial charge is 0.454 e. The number of ether oxygens (including phenoxy) is 4. The molecule has 0 radical (unpaired) electrons. The first kappa shape index (κ1) is 32.6. The number of thiophene rings is 1. The summed E-state index contributed by atoms with van der Waals surface area (Å²) < 4.78 is 25.2.